The maximum absolute atomic E-state index is 8.91. The summed E-state index contributed by atoms with van der Waals surface area (Å²) in [4.78, 5) is 4.63. The van der Waals surface area contributed by atoms with Crippen LogP contribution in [0, 0.1) is 11.3 Å². The highest BCUT2D eigenvalue weighted by atomic mass is 32.2. The molecule has 20 heavy (non-hydrogen) atoms. The number of hydrogen-bond acceptors (Lipinski definition) is 3. The molecule has 98 valence electrons. The summed E-state index contributed by atoms with van der Waals surface area (Å²) in [5, 5.41) is 9.91. The summed E-state index contributed by atoms with van der Waals surface area (Å²) in [6, 6.07) is 18.0. The number of fused-ring (bicyclic) bond motifs is 1. The Morgan fingerprint density at radius 1 is 1.20 bits per heavy atom. The van der Waals surface area contributed by atoms with Gasteiger partial charge in [-0.25, -0.2) is 4.98 Å². The van der Waals surface area contributed by atoms with Crippen molar-refractivity contribution in [1.82, 2.24) is 9.55 Å². The number of nitriles is 1. The molecule has 0 fully saturated rings. The zero-order chi connectivity index (χ0) is 13.9. The molecule has 0 saturated carbocycles. The molecule has 0 aliphatic carbocycles. The van der Waals surface area contributed by atoms with Gasteiger partial charge in [0.15, 0.2) is 5.16 Å². The molecule has 0 unspecified atom stereocenters. The number of para-hydroxylation sites is 2. The van der Waals surface area contributed by atoms with Crippen LogP contribution in [0.1, 0.15) is 11.1 Å². The van der Waals surface area contributed by atoms with Crippen molar-refractivity contribution in [3.63, 3.8) is 0 Å². The number of rotatable bonds is 3. The standard InChI is InChI=1S/C16H13N3S/c1-19-15-8-3-2-7-14(15)18-16(19)20-11-13-6-4-5-12(9-13)10-17/h2-9H,11H2,1H3. The molecule has 0 bridgehead atoms. The second kappa shape index (κ2) is 5.40. The fourth-order valence-corrected chi connectivity index (χ4v) is 3.06. The Hall–Kier alpha value is -2.25. The SMILES string of the molecule is Cn1c(SCc2cccc(C#N)c2)nc2ccccc21. The van der Waals surface area contributed by atoms with E-state index in [1.807, 2.05) is 49.5 Å². The number of benzene rings is 2. The monoisotopic (exact) mass is 279 g/mol. The molecule has 3 rings (SSSR count). The van der Waals surface area contributed by atoms with E-state index in [0.717, 1.165) is 27.5 Å². The first-order chi connectivity index (χ1) is 9.78. The summed E-state index contributed by atoms with van der Waals surface area (Å²) in [6.07, 6.45) is 0. The summed E-state index contributed by atoms with van der Waals surface area (Å²) in [5.41, 5.74) is 4.00. The molecule has 3 nitrogen and oxygen atoms in total. The van der Waals surface area contributed by atoms with Crippen LogP contribution in [0.2, 0.25) is 0 Å². The Morgan fingerprint density at radius 3 is 2.85 bits per heavy atom. The van der Waals surface area contributed by atoms with Gasteiger partial charge in [-0.1, -0.05) is 36.0 Å². The van der Waals surface area contributed by atoms with Gasteiger partial charge in [-0.3, -0.25) is 0 Å². The highest BCUT2D eigenvalue weighted by Gasteiger charge is 2.07. The first kappa shape index (κ1) is 12.8. The van der Waals surface area contributed by atoms with Crippen molar-refractivity contribution in [2.24, 2.45) is 7.05 Å². The fraction of sp³-hybridized carbons (Fsp3) is 0.125. The minimum absolute atomic E-state index is 0.702. The van der Waals surface area contributed by atoms with Gasteiger partial charge in [0.1, 0.15) is 0 Å². The molecule has 0 spiro atoms. The highest BCUT2D eigenvalue weighted by molar-refractivity contribution is 7.98. The third-order valence-electron chi connectivity index (χ3n) is 3.17. The lowest BCUT2D eigenvalue weighted by molar-refractivity contribution is 0.815. The smallest absolute Gasteiger partial charge is 0.169 e. The van der Waals surface area contributed by atoms with Crippen LogP contribution in [0.5, 0.6) is 0 Å². The average molecular weight is 279 g/mol. The summed E-state index contributed by atoms with van der Waals surface area (Å²) in [5.74, 6) is 0.812. The highest BCUT2D eigenvalue weighted by Crippen LogP contribution is 2.25. The molecule has 0 aliphatic heterocycles. The van der Waals surface area contributed by atoms with Crippen molar-refractivity contribution in [2.75, 3.05) is 0 Å². The van der Waals surface area contributed by atoms with Gasteiger partial charge in [-0.15, -0.1) is 0 Å². The molecule has 2 aromatic carbocycles. The molecule has 1 heterocycles. The number of hydrogen-bond donors (Lipinski definition) is 0. The molecular weight excluding hydrogens is 266 g/mol. The van der Waals surface area contributed by atoms with Gasteiger partial charge in [0.25, 0.3) is 0 Å². The van der Waals surface area contributed by atoms with Crippen LogP contribution in [0.3, 0.4) is 0 Å². The molecule has 3 aromatic rings. The lowest BCUT2D eigenvalue weighted by Crippen LogP contribution is -1.91. The third kappa shape index (κ3) is 2.40. The topological polar surface area (TPSA) is 41.6 Å². The predicted molar refractivity (Wildman–Crippen MR) is 81.4 cm³/mol. The van der Waals surface area contributed by atoms with E-state index in [1.54, 1.807) is 11.8 Å². The van der Waals surface area contributed by atoms with Crippen LogP contribution in [-0.4, -0.2) is 9.55 Å². The van der Waals surface area contributed by atoms with E-state index in [0.29, 0.717) is 5.56 Å². The zero-order valence-corrected chi connectivity index (χ0v) is 11.9. The van der Waals surface area contributed by atoms with Gasteiger partial charge < -0.3 is 4.57 Å². The lowest BCUT2D eigenvalue weighted by atomic mass is 10.2. The van der Waals surface area contributed by atoms with E-state index in [9.17, 15) is 0 Å². The quantitative estimate of drug-likeness (QED) is 0.686. The maximum Gasteiger partial charge on any atom is 0.169 e. The van der Waals surface area contributed by atoms with Crippen molar-refractivity contribution in [1.29, 1.82) is 5.26 Å². The molecule has 0 saturated heterocycles. The van der Waals surface area contributed by atoms with Gasteiger partial charge in [-0.2, -0.15) is 5.26 Å². The van der Waals surface area contributed by atoms with Gasteiger partial charge in [0.2, 0.25) is 0 Å². The number of thioether (sulfide) groups is 1. The molecule has 0 aliphatic rings. The Kier molecular flexibility index (Phi) is 3.44. The molecular formula is C16H13N3S. The summed E-state index contributed by atoms with van der Waals surface area (Å²) in [7, 11) is 2.03. The van der Waals surface area contributed by atoms with Crippen LogP contribution < -0.4 is 0 Å². The van der Waals surface area contributed by atoms with E-state index in [4.69, 9.17) is 5.26 Å². The largest absolute Gasteiger partial charge is 0.322 e. The van der Waals surface area contributed by atoms with E-state index < -0.39 is 0 Å². The third-order valence-corrected chi connectivity index (χ3v) is 4.27. The Balaban J connectivity index is 1.83. The van der Waals surface area contributed by atoms with E-state index >= 15 is 0 Å². The van der Waals surface area contributed by atoms with Gasteiger partial charge in [0, 0.05) is 12.8 Å². The molecule has 0 radical (unpaired) electrons. The minimum atomic E-state index is 0.702. The van der Waals surface area contributed by atoms with E-state index in [-0.39, 0.29) is 0 Å². The van der Waals surface area contributed by atoms with Crippen molar-refractivity contribution >= 4 is 22.8 Å². The Morgan fingerprint density at radius 2 is 2.05 bits per heavy atom. The van der Waals surface area contributed by atoms with E-state index in [2.05, 4.69) is 21.7 Å². The summed E-state index contributed by atoms with van der Waals surface area (Å²) in [6.45, 7) is 0. The maximum atomic E-state index is 8.91. The second-order valence-electron chi connectivity index (χ2n) is 4.54. The van der Waals surface area contributed by atoms with Crippen LogP contribution in [0.4, 0.5) is 0 Å². The molecule has 0 atom stereocenters. The van der Waals surface area contributed by atoms with Crippen LogP contribution >= 0.6 is 11.8 Å². The van der Waals surface area contributed by atoms with E-state index in [1.165, 1.54) is 0 Å². The molecule has 4 heteroatoms. The second-order valence-corrected chi connectivity index (χ2v) is 5.49. The molecule has 1 aromatic heterocycles. The summed E-state index contributed by atoms with van der Waals surface area (Å²) >= 11 is 1.69. The number of nitrogens with zero attached hydrogens (tertiary/aromatic N) is 3. The lowest BCUT2D eigenvalue weighted by Gasteiger charge is -2.03. The first-order valence-electron chi connectivity index (χ1n) is 6.31. The van der Waals surface area contributed by atoms with Gasteiger partial charge >= 0.3 is 0 Å². The van der Waals surface area contributed by atoms with Crippen molar-refractivity contribution in [3.8, 4) is 6.07 Å². The van der Waals surface area contributed by atoms with Crippen LogP contribution in [-0.2, 0) is 12.8 Å². The number of aryl methyl sites for hydroxylation is 1. The van der Waals surface area contributed by atoms with Crippen molar-refractivity contribution < 1.29 is 0 Å². The van der Waals surface area contributed by atoms with Gasteiger partial charge in [-0.05, 0) is 29.8 Å². The van der Waals surface area contributed by atoms with Gasteiger partial charge in [0.05, 0.1) is 22.7 Å². The zero-order valence-electron chi connectivity index (χ0n) is 11.1. The average Bonchev–Trinajstić information content (AvgIpc) is 2.82. The molecule has 0 N–H and O–H groups in total. The predicted octanol–water partition coefficient (Wildman–Crippen LogP) is 3.74. The minimum Gasteiger partial charge on any atom is -0.322 e. The Labute approximate surface area is 121 Å². The number of aromatic nitrogens is 2. The summed E-state index contributed by atoms with van der Waals surface area (Å²) < 4.78 is 2.11. The molecule has 0 amide bonds. The van der Waals surface area contributed by atoms with Crippen LogP contribution in [0.15, 0.2) is 53.7 Å². The first-order valence-corrected chi connectivity index (χ1v) is 7.30. The Bertz CT molecular complexity index is 799. The number of imidazole rings is 1. The van der Waals surface area contributed by atoms with Crippen molar-refractivity contribution in [2.45, 2.75) is 10.9 Å². The fourth-order valence-electron chi connectivity index (χ4n) is 2.13. The van der Waals surface area contributed by atoms with Crippen LogP contribution in [0.25, 0.3) is 11.0 Å². The van der Waals surface area contributed by atoms with Crippen molar-refractivity contribution in [3.05, 3.63) is 59.7 Å². The normalized spacial score (nSPS) is 10.6.